The molecule has 0 aliphatic heterocycles. The van der Waals surface area contributed by atoms with Gasteiger partial charge in [0.1, 0.15) is 23.4 Å². The van der Waals surface area contributed by atoms with Crippen LogP contribution in [0.15, 0.2) is 36.5 Å². The average Bonchev–Trinajstić information content (AvgIpc) is 2.79. The van der Waals surface area contributed by atoms with E-state index in [1.54, 1.807) is 6.07 Å². The second kappa shape index (κ2) is 4.80. The number of hydrogen-bond acceptors (Lipinski definition) is 2. The summed E-state index contributed by atoms with van der Waals surface area (Å²) in [5.74, 6) is -2.03. The van der Waals surface area contributed by atoms with E-state index >= 15 is 0 Å². The Balaban J connectivity index is 2.28. The summed E-state index contributed by atoms with van der Waals surface area (Å²) in [4.78, 5) is 11.8. The van der Waals surface area contributed by atoms with Crippen molar-refractivity contribution in [2.75, 3.05) is 0 Å². The maximum atomic E-state index is 13.4. The zero-order valence-electron chi connectivity index (χ0n) is 9.23. The second-order valence-corrected chi connectivity index (χ2v) is 3.68. The molecule has 0 bridgehead atoms. The fourth-order valence-electron chi connectivity index (χ4n) is 1.60. The quantitative estimate of drug-likeness (QED) is 0.781. The maximum absolute atomic E-state index is 13.4. The molecule has 0 N–H and O–H groups in total. The number of carbonyl (C=O) groups is 1. The van der Waals surface area contributed by atoms with Crippen LogP contribution in [0.3, 0.4) is 0 Å². The van der Waals surface area contributed by atoms with Crippen molar-refractivity contribution < 1.29 is 13.6 Å². The molecule has 0 radical (unpaired) electrons. The lowest BCUT2D eigenvalue weighted by Gasteiger charge is -2.05. The molecule has 0 fully saturated rings. The Kier molecular flexibility index (Phi) is 3.20. The van der Waals surface area contributed by atoms with E-state index in [4.69, 9.17) is 5.26 Å². The molecule has 0 saturated carbocycles. The van der Waals surface area contributed by atoms with E-state index in [0.717, 1.165) is 18.2 Å². The highest BCUT2D eigenvalue weighted by Crippen LogP contribution is 2.12. The molecule has 0 spiro atoms. The molecule has 0 aliphatic rings. The third-order valence-corrected chi connectivity index (χ3v) is 2.49. The standard InChI is InChI=1S/C13H8F2N2O/c14-9-3-4-12(15)11(6-9)13(18)8-17-5-1-2-10(17)7-16/h1-6H,8H2. The minimum Gasteiger partial charge on any atom is -0.332 e. The number of nitriles is 1. The Morgan fingerprint density at radius 2 is 2.11 bits per heavy atom. The van der Waals surface area contributed by atoms with Crippen molar-refractivity contribution in [2.24, 2.45) is 0 Å². The molecule has 90 valence electrons. The van der Waals surface area contributed by atoms with Gasteiger partial charge in [0.25, 0.3) is 0 Å². The van der Waals surface area contributed by atoms with Crippen LogP contribution >= 0.6 is 0 Å². The summed E-state index contributed by atoms with van der Waals surface area (Å²) < 4.78 is 27.7. The molecule has 1 aromatic carbocycles. The minimum absolute atomic E-state index is 0.198. The van der Waals surface area contributed by atoms with Crippen LogP contribution in [-0.2, 0) is 6.54 Å². The molecule has 2 rings (SSSR count). The predicted molar refractivity (Wildman–Crippen MR) is 59.8 cm³/mol. The molecule has 3 nitrogen and oxygen atoms in total. The monoisotopic (exact) mass is 246 g/mol. The highest BCUT2D eigenvalue weighted by atomic mass is 19.1. The molecular weight excluding hydrogens is 238 g/mol. The summed E-state index contributed by atoms with van der Waals surface area (Å²) in [7, 11) is 0. The van der Waals surface area contributed by atoms with Crippen LogP contribution in [0.4, 0.5) is 8.78 Å². The first-order valence-corrected chi connectivity index (χ1v) is 5.15. The normalized spacial score (nSPS) is 10.1. The molecule has 18 heavy (non-hydrogen) atoms. The summed E-state index contributed by atoms with van der Waals surface area (Å²) in [5, 5.41) is 8.77. The lowest BCUT2D eigenvalue weighted by molar-refractivity contribution is 0.0967. The Bertz CT molecular complexity index is 641. The maximum Gasteiger partial charge on any atom is 0.185 e. The largest absolute Gasteiger partial charge is 0.332 e. The van der Waals surface area contributed by atoms with E-state index in [9.17, 15) is 13.6 Å². The Labute approximate surface area is 102 Å². The van der Waals surface area contributed by atoms with Gasteiger partial charge in [0, 0.05) is 6.20 Å². The Hall–Kier alpha value is -2.48. The van der Waals surface area contributed by atoms with E-state index < -0.39 is 17.4 Å². The minimum atomic E-state index is -0.771. The third-order valence-electron chi connectivity index (χ3n) is 2.49. The zero-order chi connectivity index (χ0) is 13.1. The predicted octanol–water partition coefficient (Wildman–Crippen LogP) is 2.52. The highest BCUT2D eigenvalue weighted by molar-refractivity contribution is 5.96. The van der Waals surface area contributed by atoms with Crippen molar-refractivity contribution in [3.8, 4) is 6.07 Å². The summed E-state index contributed by atoms with van der Waals surface area (Å²) in [6.45, 7) is -0.198. The number of nitrogens with zero attached hydrogens (tertiary/aromatic N) is 2. The van der Waals surface area contributed by atoms with Gasteiger partial charge in [-0.05, 0) is 30.3 Å². The van der Waals surface area contributed by atoms with Crippen LogP contribution in [0, 0.1) is 23.0 Å². The number of ketones is 1. The van der Waals surface area contributed by atoms with E-state index in [0.29, 0.717) is 5.69 Å². The lowest BCUT2D eigenvalue weighted by atomic mass is 10.1. The van der Waals surface area contributed by atoms with Crippen LogP contribution in [0.1, 0.15) is 16.1 Å². The van der Waals surface area contributed by atoms with Crippen LogP contribution < -0.4 is 0 Å². The van der Waals surface area contributed by atoms with Gasteiger partial charge in [-0.2, -0.15) is 5.26 Å². The summed E-state index contributed by atoms with van der Waals surface area (Å²) in [6.07, 6.45) is 1.54. The van der Waals surface area contributed by atoms with Crippen molar-refractivity contribution in [2.45, 2.75) is 6.54 Å². The molecule has 0 aliphatic carbocycles. The SMILES string of the molecule is N#Cc1cccn1CC(=O)c1cc(F)ccc1F. The highest BCUT2D eigenvalue weighted by Gasteiger charge is 2.14. The van der Waals surface area contributed by atoms with Crippen molar-refractivity contribution in [1.82, 2.24) is 4.57 Å². The van der Waals surface area contributed by atoms with Gasteiger partial charge in [-0.25, -0.2) is 8.78 Å². The van der Waals surface area contributed by atoms with Gasteiger partial charge in [0.2, 0.25) is 0 Å². The number of benzene rings is 1. The molecule has 0 atom stereocenters. The van der Waals surface area contributed by atoms with Crippen LogP contribution in [0.2, 0.25) is 0 Å². The Morgan fingerprint density at radius 3 is 2.83 bits per heavy atom. The van der Waals surface area contributed by atoms with Gasteiger partial charge in [-0.15, -0.1) is 0 Å². The molecule has 1 aromatic heterocycles. The van der Waals surface area contributed by atoms with E-state index in [1.807, 2.05) is 6.07 Å². The van der Waals surface area contributed by atoms with Crippen molar-refractivity contribution in [3.63, 3.8) is 0 Å². The number of carbonyl (C=O) groups excluding carboxylic acids is 1. The summed E-state index contributed by atoms with van der Waals surface area (Å²) >= 11 is 0. The number of aromatic nitrogens is 1. The fourth-order valence-corrected chi connectivity index (χ4v) is 1.60. The van der Waals surface area contributed by atoms with Crippen LogP contribution in [0.5, 0.6) is 0 Å². The number of hydrogen-bond donors (Lipinski definition) is 0. The van der Waals surface area contributed by atoms with Crippen LogP contribution in [-0.4, -0.2) is 10.4 Å². The van der Waals surface area contributed by atoms with Gasteiger partial charge < -0.3 is 4.57 Å². The van der Waals surface area contributed by atoms with E-state index in [1.165, 1.54) is 16.8 Å². The second-order valence-electron chi connectivity index (χ2n) is 3.68. The van der Waals surface area contributed by atoms with Gasteiger partial charge in [-0.3, -0.25) is 4.79 Å². The molecule has 5 heteroatoms. The van der Waals surface area contributed by atoms with Crippen molar-refractivity contribution >= 4 is 5.78 Å². The molecule has 0 unspecified atom stereocenters. The number of halogens is 2. The van der Waals surface area contributed by atoms with E-state index in [2.05, 4.69) is 0 Å². The van der Waals surface area contributed by atoms with Gasteiger partial charge in [-0.1, -0.05) is 0 Å². The number of rotatable bonds is 3. The van der Waals surface area contributed by atoms with Gasteiger partial charge >= 0.3 is 0 Å². The molecule has 2 aromatic rings. The Morgan fingerprint density at radius 1 is 1.33 bits per heavy atom. The summed E-state index contributed by atoms with van der Waals surface area (Å²) in [6, 6.07) is 7.75. The lowest BCUT2D eigenvalue weighted by Crippen LogP contribution is -2.12. The molecule has 0 amide bonds. The number of Topliss-reactive ketones (excluding diaryl/α,β-unsaturated/α-hetero) is 1. The first kappa shape index (κ1) is 12.0. The molecule has 0 saturated heterocycles. The van der Waals surface area contributed by atoms with Gasteiger partial charge in [0.15, 0.2) is 5.78 Å². The van der Waals surface area contributed by atoms with E-state index in [-0.39, 0.29) is 12.1 Å². The smallest absolute Gasteiger partial charge is 0.185 e. The first-order valence-electron chi connectivity index (χ1n) is 5.15. The molecule has 1 heterocycles. The fraction of sp³-hybridized carbons (Fsp3) is 0.0769. The van der Waals surface area contributed by atoms with Crippen LogP contribution in [0.25, 0.3) is 0 Å². The first-order chi connectivity index (χ1) is 8.61. The van der Waals surface area contributed by atoms with Crippen molar-refractivity contribution in [3.05, 3.63) is 59.4 Å². The zero-order valence-corrected chi connectivity index (χ0v) is 9.23. The average molecular weight is 246 g/mol. The van der Waals surface area contributed by atoms with Crippen molar-refractivity contribution in [1.29, 1.82) is 5.26 Å². The molecular formula is C13H8F2N2O. The third kappa shape index (κ3) is 2.28. The van der Waals surface area contributed by atoms with Gasteiger partial charge in [0.05, 0.1) is 12.1 Å². The topological polar surface area (TPSA) is 45.8 Å². The summed E-state index contributed by atoms with van der Waals surface area (Å²) in [5.41, 5.74) is -0.0206.